The third-order valence-corrected chi connectivity index (χ3v) is 3.18. The van der Waals surface area contributed by atoms with Gasteiger partial charge in [-0.1, -0.05) is 11.6 Å². The number of hydrogen-bond donors (Lipinski definition) is 2. The third-order valence-electron chi connectivity index (χ3n) is 2.93. The molecule has 0 bridgehead atoms. The summed E-state index contributed by atoms with van der Waals surface area (Å²) in [6.45, 7) is 4.34. The van der Waals surface area contributed by atoms with Crippen LogP contribution in [0.1, 0.15) is 6.42 Å². The fourth-order valence-electron chi connectivity index (χ4n) is 2.00. The number of carbonyl (C=O) groups is 1. The molecule has 4 nitrogen and oxygen atoms in total. The molecule has 2 N–H and O–H groups in total. The van der Waals surface area contributed by atoms with Crippen molar-refractivity contribution in [1.29, 1.82) is 0 Å². The van der Waals surface area contributed by atoms with Crippen LogP contribution in [-0.4, -0.2) is 43.5 Å². The molecule has 0 aromatic heterocycles. The van der Waals surface area contributed by atoms with Crippen LogP contribution in [0.5, 0.6) is 0 Å². The second kappa shape index (κ2) is 6.73. The van der Waals surface area contributed by atoms with E-state index in [9.17, 15) is 4.79 Å². The molecule has 1 aliphatic heterocycles. The number of benzene rings is 1. The van der Waals surface area contributed by atoms with E-state index in [0.29, 0.717) is 11.6 Å². The third kappa shape index (κ3) is 4.29. The average Bonchev–Trinajstić information content (AvgIpc) is 2.61. The van der Waals surface area contributed by atoms with Crippen molar-refractivity contribution in [2.24, 2.45) is 0 Å². The summed E-state index contributed by atoms with van der Waals surface area (Å²) in [4.78, 5) is 14.0. The zero-order valence-electron chi connectivity index (χ0n) is 10.3. The van der Waals surface area contributed by atoms with E-state index < -0.39 is 0 Å². The highest BCUT2D eigenvalue weighted by molar-refractivity contribution is 6.30. The predicted octanol–water partition coefficient (Wildman–Crippen LogP) is 1.57. The summed E-state index contributed by atoms with van der Waals surface area (Å²) in [6, 6.07) is 7.16. The van der Waals surface area contributed by atoms with E-state index in [1.807, 2.05) is 12.1 Å². The van der Waals surface area contributed by atoms with Gasteiger partial charge in [0.1, 0.15) is 0 Å². The summed E-state index contributed by atoms with van der Waals surface area (Å²) in [7, 11) is 0. The molecule has 1 aromatic rings. The Labute approximate surface area is 112 Å². The van der Waals surface area contributed by atoms with Crippen LogP contribution in [0.15, 0.2) is 24.3 Å². The van der Waals surface area contributed by atoms with Gasteiger partial charge in [-0.3, -0.25) is 9.69 Å². The van der Waals surface area contributed by atoms with Crippen molar-refractivity contribution in [2.75, 3.05) is 38.0 Å². The minimum atomic E-state index is 0.0271. The maximum absolute atomic E-state index is 11.9. The lowest BCUT2D eigenvalue weighted by Crippen LogP contribution is -2.35. The predicted molar refractivity (Wildman–Crippen MR) is 74.0 cm³/mol. The number of hydrogen-bond acceptors (Lipinski definition) is 3. The van der Waals surface area contributed by atoms with Crippen molar-refractivity contribution >= 4 is 23.2 Å². The van der Waals surface area contributed by atoms with Crippen LogP contribution < -0.4 is 10.6 Å². The average molecular weight is 268 g/mol. The molecule has 5 heteroatoms. The molecule has 2 rings (SSSR count). The van der Waals surface area contributed by atoms with Crippen molar-refractivity contribution in [2.45, 2.75) is 6.42 Å². The van der Waals surface area contributed by atoms with Crippen LogP contribution in [0.4, 0.5) is 5.69 Å². The quantitative estimate of drug-likeness (QED) is 0.874. The monoisotopic (exact) mass is 267 g/mol. The molecule has 98 valence electrons. The van der Waals surface area contributed by atoms with Gasteiger partial charge >= 0.3 is 0 Å². The van der Waals surface area contributed by atoms with Gasteiger partial charge in [-0.05, 0) is 43.8 Å². The van der Waals surface area contributed by atoms with Gasteiger partial charge in [-0.25, -0.2) is 0 Å². The molecule has 0 saturated carbocycles. The lowest BCUT2D eigenvalue weighted by Gasteiger charge is -2.18. The molecule has 1 aromatic carbocycles. The molecular formula is C13H18ClN3O. The second-order valence-corrected chi connectivity index (χ2v) is 4.87. The van der Waals surface area contributed by atoms with Crippen molar-refractivity contribution < 1.29 is 4.79 Å². The molecule has 1 amide bonds. The molecule has 0 radical (unpaired) electrons. The van der Waals surface area contributed by atoms with Gasteiger partial charge in [0.25, 0.3) is 0 Å². The highest BCUT2D eigenvalue weighted by atomic mass is 35.5. The van der Waals surface area contributed by atoms with E-state index in [-0.39, 0.29) is 5.91 Å². The second-order valence-electron chi connectivity index (χ2n) is 4.43. The number of nitrogens with zero attached hydrogens (tertiary/aromatic N) is 1. The highest BCUT2D eigenvalue weighted by Crippen LogP contribution is 2.13. The minimum absolute atomic E-state index is 0.0271. The SMILES string of the molecule is O=C(CN1CCCNCC1)Nc1ccc(Cl)cc1. The molecule has 18 heavy (non-hydrogen) atoms. The van der Waals surface area contributed by atoms with Gasteiger partial charge in [-0.2, -0.15) is 0 Å². The Hall–Kier alpha value is -1.10. The summed E-state index contributed by atoms with van der Waals surface area (Å²) in [5.74, 6) is 0.0271. The summed E-state index contributed by atoms with van der Waals surface area (Å²) in [5.41, 5.74) is 0.789. The van der Waals surface area contributed by atoms with Crippen LogP contribution in [-0.2, 0) is 4.79 Å². The van der Waals surface area contributed by atoms with Crippen molar-refractivity contribution in [3.8, 4) is 0 Å². The van der Waals surface area contributed by atoms with Crippen molar-refractivity contribution in [3.63, 3.8) is 0 Å². The Morgan fingerprint density at radius 1 is 1.28 bits per heavy atom. The molecular weight excluding hydrogens is 250 g/mol. The van der Waals surface area contributed by atoms with E-state index >= 15 is 0 Å². The first-order valence-electron chi connectivity index (χ1n) is 6.22. The Morgan fingerprint density at radius 2 is 2.06 bits per heavy atom. The normalized spacial score (nSPS) is 17.2. The smallest absolute Gasteiger partial charge is 0.238 e. The molecule has 1 saturated heterocycles. The van der Waals surface area contributed by atoms with Gasteiger partial charge in [-0.15, -0.1) is 0 Å². The first kappa shape index (κ1) is 13.3. The summed E-state index contributed by atoms with van der Waals surface area (Å²) in [5, 5.41) is 6.87. The molecule has 0 aliphatic carbocycles. The van der Waals surface area contributed by atoms with Crippen LogP contribution in [0, 0.1) is 0 Å². The maximum Gasteiger partial charge on any atom is 0.238 e. The summed E-state index contributed by atoms with van der Waals surface area (Å²) >= 11 is 5.79. The lowest BCUT2D eigenvalue weighted by molar-refractivity contribution is -0.117. The largest absolute Gasteiger partial charge is 0.325 e. The topological polar surface area (TPSA) is 44.4 Å². The van der Waals surface area contributed by atoms with E-state index in [1.165, 1.54) is 0 Å². The Bertz CT molecular complexity index is 386. The Balaban J connectivity index is 1.82. The van der Waals surface area contributed by atoms with Crippen LogP contribution in [0.25, 0.3) is 0 Å². The van der Waals surface area contributed by atoms with Crippen molar-refractivity contribution in [1.82, 2.24) is 10.2 Å². The van der Waals surface area contributed by atoms with Gasteiger partial charge in [0.2, 0.25) is 5.91 Å². The molecule has 1 heterocycles. The van der Waals surface area contributed by atoms with E-state index in [0.717, 1.165) is 38.3 Å². The fourth-order valence-corrected chi connectivity index (χ4v) is 2.12. The molecule has 0 unspecified atom stereocenters. The Morgan fingerprint density at radius 3 is 2.83 bits per heavy atom. The van der Waals surface area contributed by atoms with Crippen LogP contribution >= 0.6 is 11.6 Å². The lowest BCUT2D eigenvalue weighted by atomic mass is 10.3. The molecule has 1 aliphatic rings. The fraction of sp³-hybridized carbons (Fsp3) is 0.462. The van der Waals surface area contributed by atoms with E-state index in [1.54, 1.807) is 12.1 Å². The van der Waals surface area contributed by atoms with E-state index in [4.69, 9.17) is 11.6 Å². The number of nitrogens with one attached hydrogen (secondary N) is 2. The highest BCUT2D eigenvalue weighted by Gasteiger charge is 2.12. The minimum Gasteiger partial charge on any atom is -0.325 e. The zero-order valence-corrected chi connectivity index (χ0v) is 11.0. The number of carbonyl (C=O) groups excluding carboxylic acids is 1. The standard InChI is InChI=1S/C13H18ClN3O/c14-11-2-4-12(5-3-11)16-13(18)10-17-8-1-6-15-7-9-17/h2-5,15H,1,6-10H2,(H,16,18). The first-order chi connectivity index (χ1) is 8.74. The van der Waals surface area contributed by atoms with Gasteiger partial charge in [0.15, 0.2) is 0 Å². The number of rotatable bonds is 3. The summed E-state index contributed by atoms with van der Waals surface area (Å²) < 4.78 is 0. The summed E-state index contributed by atoms with van der Waals surface area (Å²) in [6.07, 6.45) is 1.09. The van der Waals surface area contributed by atoms with Gasteiger partial charge in [0.05, 0.1) is 6.54 Å². The van der Waals surface area contributed by atoms with Crippen molar-refractivity contribution in [3.05, 3.63) is 29.3 Å². The van der Waals surface area contributed by atoms with Crippen LogP contribution in [0.3, 0.4) is 0 Å². The zero-order chi connectivity index (χ0) is 12.8. The van der Waals surface area contributed by atoms with Gasteiger partial charge in [0, 0.05) is 23.8 Å². The molecule has 0 spiro atoms. The van der Waals surface area contributed by atoms with E-state index in [2.05, 4.69) is 15.5 Å². The van der Waals surface area contributed by atoms with Gasteiger partial charge < -0.3 is 10.6 Å². The first-order valence-corrected chi connectivity index (χ1v) is 6.60. The Kier molecular flexibility index (Phi) is 4.99. The number of anilines is 1. The van der Waals surface area contributed by atoms with Crippen LogP contribution in [0.2, 0.25) is 5.02 Å². The molecule has 1 fully saturated rings. The molecule has 0 atom stereocenters. The number of amides is 1. The maximum atomic E-state index is 11.9. The number of halogens is 1.